The summed E-state index contributed by atoms with van der Waals surface area (Å²) in [6.07, 6.45) is 1.63. The summed E-state index contributed by atoms with van der Waals surface area (Å²) in [4.78, 5) is 5.04. The Kier molecular flexibility index (Phi) is 5.27. The molecule has 0 radical (unpaired) electrons. The maximum absolute atomic E-state index is 10.4. The Hall–Kier alpha value is -2.91. The molecular formula is C25H26N2O. The summed E-state index contributed by atoms with van der Waals surface area (Å²) in [6, 6.07) is 24.7. The molecule has 4 rings (SSSR count). The van der Waals surface area contributed by atoms with Crippen molar-refractivity contribution < 1.29 is 5.11 Å². The van der Waals surface area contributed by atoms with Crippen LogP contribution < -0.4 is 5.32 Å². The standard InChI is InChI=1S/C25H26N2O/c1-3-18-10-14-19(15-11-18)22-16-23(21-6-4-5-7-24(21)28)27-25(26-22)20-12-8-17(2)9-13-20/h4-15,23,25,27-28H,3,16H2,1-2H3/t23-,25-/m0/s1. The highest BCUT2D eigenvalue weighted by atomic mass is 16.3. The number of aryl methyl sites for hydroxylation is 2. The van der Waals surface area contributed by atoms with Crippen LogP contribution in [0.3, 0.4) is 0 Å². The predicted molar refractivity (Wildman–Crippen MR) is 115 cm³/mol. The van der Waals surface area contributed by atoms with Gasteiger partial charge in [-0.05, 0) is 36.1 Å². The molecule has 0 bridgehead atoms. The van der Waals surface area contributed by atoms with Crippen molar-refractivity contribution in [3.8, 4) is 5.75 Å². The van der Waals surface area contributed by atoms with Crippen molar-refractivity contribution in [2.45, 2.75) is 38.9 Å². The van der Waals surface area contributed by atoms with Gasteiger partial charge in [0.05, 0.1) is 0 Å². The molecule has 2 N–H and O–H groups in total. The van der Waals surface area contributed by atoms with Gasteiger partial charge in [0.15, 0.2) is 0 Å². The number of para-hydroxylation sites is 1. The number of rotatable bonds is 4. The van der Waals surface area contributed by atoms with Crippen LogP contribution in [0, 0.1) is 6.92 Å². The molecule has 0 unspecified atom stereocenters. The fourth-order valence-electron chi connectivity index (χ4n) is 3.72. The first-order valence-corrected chi connectivity index (χ1v) is 9.90. The minimum Gasteiger partial charge on any atom is -0.508 e. The second-order valence-corrected chi connectivity index (χ2v) is 7.42. The highest BCUT2D eigenvalue weighted by Crippen LogP contribution is 2.34. The number of nitrogens with one attached hydrogen (secondary N) is 1. The van der Waals surface area contributed by atoms with Crippen molar-refractivity contribution >= 4 is 5.71 Å². The predicted octanol–water partition coefficient (Wildman–Crippen LogP) is 5.49. The molecule has 3 aromatic carbocycles. The topological polar surface area (TPSA) is 44.6 Å². The van der Waals surface area contributed by atoms with Crippen LogP contribution in [0.5, 0.6) is 5.75 Å². The van der Waals surface area contributed by atoms with Crippen LogP contribution >= 0.6 is 0 Å². The van der Waals surface area contributed by atoms with Crippen LogP contribution in [0.25, 0.3) is 0 Å². The Bertz CT molecular complexity index is 974. The van der Waals surface area contributed by atoms with Crippen LogP contribution in [0.2, 0.25) is 0 Å². The van der Waals surface area contributed by atoms with Crippen LogP contribution in [0.1, 0.15) is 53.4 Å². The Morgan fingerprint density at radius 1 is 0.964 bits per heavy atom. The second kappa shape index (κ2) is 7.99. The molecule has 3 nitrogen and oxygen atoms in total. The molecule has 0 saturated carbocycles. The Labute approximate surface area is 166 Å². The average molecular weight is 370 g/mol. The molecule has 3 aromatic rings. The van der Waals surface area contributed by atoms with Gasteiger partial charge in [0.25, 0.3) is 0 Å². The minimum absolute atomic E-state index is 0.00542. The summed E-state index contributed by atoms with van der Waals surface area (Å²) in [5.74, 6) is 0.324. The third-order valence-corrected chi connectivity index (χ3v) is 5.44. The number of phenols is 1. The molecule has 3 heteroatoms. The van der Waals surface area contributed by atoms with Gasteiger partial charge in [0.1, 0.15) is 11.9 Å². The number of aliphatic imine (C=N–C) groups is 1. The smallest absolute Gasteiger partial charge is 0.126 e. The number of hydrogen-bond donors (Lipinski definition) is 2. The van der Waals surface area contributed by atoms with Crippen molar-refractivity contribution in [3.05, 3.63) is 101 Å². The zero-order chi connectivity index (χ0) is 19.5. The van der Waals surface area contributed by atoms with E-state index in [0.717, 1.165) is 35.2 Å². The zero-order valence-electron chi connectivity index (χ0n) is 16.4. The van der Waals surface area contributed by atoms with Gasteiger partial charge >= 0.3 is 0 Å². The molecule has 1 heterocycles. The van der Waals surface area contributed by atoms with E-state index >= 15 is 0 Å². The number of benzene rings is 3. The first-order chi connectivity index (χ1) is 13.6. The highest BCUT2D eigenvalue weighted by molar-refractivity contribution is 6.01. The van der Waals surface area contributed by atoms with E-state index in [-0.39, 0.29) is 12.2 Å². The lowest BCUT2D eigenvalue weighted by Gasteiger charge is -2.31. The summed E-state index contributed by atoms with van der Waals surface area (Å²) in [5, 5.41) is 14.0. The van der Waals surface area contributed by atoms with Crippen molar-refractivity contribution in [2.24, 2.45) is 4.99 Å². The third-order valence-electron chi connectivity index (χ3n) is 5.44. The van der Waals surface area contributed by atoms with Gasteiger partial charge in [-0.1, -0.05) is 79.2 Å². The molecule has 142 valence electrons. The first kappa shape index (κ1) is 18.5. The van der Waals surface area contributed by atoms with E-state index < -0.39 is 0 Å². The van der Waals surface area contributed by atoms with Gasteiger partial charge in [0.2, 0.25) is 0 Å². The van der Waals surface area contributed by atoms with E-state index in [2.05, 4.69) is 67.7 Å². The van der Waals surface area contributed by atoms with Gasteiger partial charge in [-0.2, -0.15) is 0 Å². The molecule has 2 atom stereocenters. The van der Waals surface area contributed by atoms with E-state index in [9.17, 15) is 5.11 Å². The monoisotopic (exact) mass is 370 g/mol. The van der Waals surface area contributed by atoms with Crippen molar-refractivity contribution in [3.63, 3.8) is 0 Å². The molecule has 0 saturated heterocycles. The summed E-state index contributed by atoms with van der Waals surface area (Å²) in [6.45, 7) is 4.26. The lowest BCUT2D eigenvalue weighted by molar-refractivity contribution is 0.412. The van der Waals surface area contributed by atoms with E-state index in [1.165, 1.54) is 11.1 Å². The molecule has 0 aromatic heterocycles. The van der Waals surface area contributed by atoms with Gasteiger partial charge in [-0.3, -0.25) is 10.3 Å². The number of aromatic hydroxyl groups is 1. The summed E-state index contributed by atoms with van der Waals surface area (Å²) < 4.78 is 0. The summed E-state index contributed by atoms with van der Waals surface area (Å²) in [5.41, 5.74) is 6.82. The fraction of sp³-hybridized carbons (Fsp3) is 0.240. The quantitative estimate of drug-likeness (QED) is 0.638. The molecule has 28 heavy (non-hydrogen) atoms. The number of phenolic OH excluding ortho intramolecular Hbond substituents is 1. The van der Waals surface area contributed by atoms with Gasteiger partial charge < -0.3 is 5.11 Å². The molecule has 0 fully saturated rings. The lowest BCUT2D eigenvalue weighted by atomic mass is 9.93. The van der Waals surface area contributed by atoms with Crippen molar-refractivity contribution in [1.82, 2.24) is 5.32 Å². The molecule has 0 amide bonds. The fourth-order valence-corrected chi connectivity index (χ4v) is 3.72. The van der Waals surface area contributed by atoms with E-state index in [1.54, 1.807) is 6.07 Å². The van der Waals surface area contributed by atoms with Gasteiger partial charge in [-0.15, -0.1) is 0 Å². The second-order valence-electron chi connectivity index (χ2n) is 7.42. The maximum atomic E-state index is 10.4. The van der Waals surface area contributed by atoms with Gasteiger partial charge in [-0.25, -0.2) is 0 Å². The van der Waals surface area contributed by atoms with Crippen LogP contribution in [0.4, 0.5) is 0 Å². The summed E-state index contributed by atoms with van der Waals surface area (Å²) in [7, 11) is 0. The largest absolute Gasteiger partial charge is 0.508 e. The maximum Gasteiger partial charge on any atom is 0.126 e. The summed E-state index contributed by atoms with van der Waals surface area (Å²) >= 11 is 0. The van der Waals surface area contributed by atoms with Crippen LogP contribution in [-0.2, 0) is 6.42 Å². The minimum atomic E-state index is -0.139. The SMILES string of the molecule is CCc1ccc(C2=N[C@H](c3ccc(C)cc3)N[C@H](c3ccccc3O)C2)cc1. The third kappa shape index (κ3) is 3.85. The van der Waals surface area contributed by atoms with Crippen molar-refractivity contribution in [1.29, 1.82) is 0 Å². The Balaban J connectivity index is 1.73. The van der Waals surface area contributed by atoms with Gasteiger partial charge in [0, 0.05) is 23.7 Å². The zero-order valence-corrected chi connectivity index (χ0v) is 16.4. The average Bonchev–Trinajstić information content (AvgIpc) is 2.74. The number of hydrogen-bond acceptors (Lipinski definition) is 3. The Morgan fingerprint density at radius 2 is 1.68 bits per heavy atom. The highest BCUT2D eigenvalue weighted by Gasteiger charge is 2.27. The lowest BCUT2D eigenvalue weighted by Crippen LogP contribution is -2.33. The van der Waals surface area contributed by atoms with Crippen LogP contribution in [-0.4, -0.2) is 10.8 Å². The van der Waals surface area contributed by atoms with E-state index in [4.69, 9.17) is 4.99 Å². The Morgan fingerprint density at radius 3 is 2.36 bits per heavy atom. The van der Waals surface area contributed by atoms with E-state index in [1.807, 2.05) is 18.2 Å². The molecule has 1 aliphatic heterocycles. The number of nitrogens with zero attached hydrogens (tertiary/aromatic N) is 1. The molecular weight excluding hydrogens is 344 g/mol. The van der Waals surface area contributed by atoms with Crippen LogP contribution in [0.15, 0.2) is 77.8 Å². The molecule has 0 aliphatic carbocycles. The first-order valence-electron chi connectivity index (χ1n) is 9.90. The van der Waals surface area contributed by atoms with Crippen molar-refractivity contribution in [2.75, 3.05) is 0 Å². The normalized spacial score (nSPS) is 19.3. The van der Waals surface area contributed by atoms with E-state index in [0.29, 0.717) is 5.75 Å². The molecule has 1 aliphatic rings. The molecule has 0 spiro atoms.